The van der Waals surface area contributed by atoms with E-state index in [1.165, 1.54) is 36.4 Å². The van der Waals surface area contributed by atoms with Gasteiger partial charge in [0.25, 0.3) is 50.4 Å². The summed E-state index contributed by atoms with van der Waals surface area (Å²) in [6.45, 7) is 0. The van der Waals surface area contributed by atoms with E-state index in [4.69, 9.17) is 4.55 Å². The molecule has 0 saturated carbocycles. The highest BCUT2D eigenvalue weighted by Gasteiger charge is 2.60. The van der Waals surface area contributed by atoms with Gasteiger partial charge in [0, 0.05) is 50.0 Å². The molecule has 4 aliphatic heterocycles. The largest absolute Gasteiger partial charge is 0.479 e. The number of imide groups is 4. The molecule has 0 aromatic heterocycles. The Bertz CT molecular complexity index is 2450. The topological polar surface area (TPSA) is 322 Å². The van der Waals surface area contributed by atoms with Crippen LogP contribution in [-0.4, -0.2) is 110 Å². The Balaban J connectivity index is 0.000000228. The highest BCUT2D eigenvalue weighted by atomic mass is 32.2. The van der Waals surface area contributed by atoms with Gasteiger partial charge in [-0.1, -0.05) is 24.3 Å². The molecule has 4 aliphatic rings. The van der Waals surface area contributed by atoms with Crippen LogP contribution >= 0.6 is 0 Å². The molecule has 4 heterocycles. The minimum atomic E-state index is -5.40. The standard InChI is InChI=1S/2C18H16N2O9S/c21-13-5-6-14(22)19(13)12-3-1-11(2-4-12)9-10-18(17(25)26,30(27,28)29)20-15(23)7-8-16(20)24;21-14-8-9-15(22)19(14)12-6-4-11(5-7-12)2-1-3-17(24)29-20-16(23)10-13(18(20)25)30(26,27)28/h1-6H,7-10H2,(H,25,26)(H,27,28,29);4-9,13H,1-3,10H2,(H,26,27,28). The number of nitrogens with zero attached hydrogens (tertiary/aromatic N) is 4. The Hall–Kier alpha value is -6.76. The Kier molecular flexibility index (Phi) is 12.7. The molecule has 2 fully saturated rings. The quantitative estimate of drug-likeness (QED) is 0.163. The summed E-state index contributed by atoms with van der Waals surface area (Å²) in [5.74, 6) is -9.25. The van der Waals surface area contributed by atoms with E-state index in [0.717, 1.165) is 27.5 Å². The van der Waals surface area contributed by atoms with Gasteiger partial charge in [-0.05, 0) is 54.7 Å². The first kappa shape index (κ1) is 44.3. The first-order valence-electron chi connectivity index (χ1n) is 17.5. The lowest BCUT2D eigenvalue weighted by Gasteiger charge is -2.33. The molecular weight excluding hydrogens is 841 g/mol. The number of aryl methyl sites for hydroxylation is 2. The highest BCUT2D eigenvalue weighted by Crippen LogP contribution is 2.34. The zero-order valence-electron chi connectivity index (χ0n) is 30.7. The van der Waals surface area contributed by atoms with Gasteiger partial charge in [-0.3, -0.25) is 47.5 Å². The number of carbonyl (C=O) groups is 10. The summed E-state index contributed by atoms with van der Waals surface area (Å²) in [4.78, 5) is 122. The van der Waals surface area contributed by atoms with Gasteiger partial charge in [-0.2, -0.15) is 16.8 Å². The van der Waals surface area contributed by atoms with Crippen LogP contribution in [-0.2, 0) is 85.9 Å². The second kappa shape index (κ2) is 17.2. The lowest BCUT2D eigenvalue weighted by molar-refractivity contribution is -0.197. The fourth-order valence-electron chi connectivity index (χ4n) is 6.39. The van der Waals surface area contributed by atoms with Crippen LogP contribution in [0.5, 0.6) is 0 Å². The van der Waals surface area contributed by atoms with Crippen LogP contribution in [0, 0.1) is 0 Å². The molecule has 0 spiro atoms. The summed E-state index contributed by atoms with van der Waals surface area (Å²) < 4.78 is 64.8. The van der Waals surface area contributed by atoms with Gasteiger partial charge < -0.3 is 9.94 Å². The fraction of sp³-hybridized carbons (Fsp3) is 0.278. The molecule has 2 saturated heterocycles. The van der Waals surface area contributed by atoms with Crippen molar-refractivity contribution in [1.29, 1.82) is 0 Å². The van der Waals surface area contributed by atoms with Crippen LogP contribution < -0.4 is 9.80 Å². The van der Waals surface area contributed by atoms with Gasteiger partial charge in [-0.25, -0.2) is 24.3 Å². The molecule has 2 aromatic rings. The number of hydrogen-bond donors (Lipinski definition) is 3. The lowest BCUT2D eigenvalue weighted by Crippen LogP contribution is -2.61. The molecule has 2 unspecified atom stereocenters. The second-order valence-corrected chi connectivity index (χ2v) is 16.5. The number of carboxylic acid groups (broad SMARTS) is 1. The molecule has 2 atom stereocenters. The summed E-state index contributed by atoms with van der Waals surface area (Å²) in [7, 11) is -10.2. The van der Waals surface area contributed by atoms with E-state index < -0.39 is 102 Å². The van der Waals surface area contributed by atoms with E-state index in [2.05, 4.69) is 4.84 Å². The first-order chi connectivity index (χ1) is 28.1. The van der Waals surface area contributed by atoms with Crippen LogP contribution in [0.1, 0.15) is 49.7 Å². The minimum absolute atomic E-state index is 0.0632. The Morgan fingerprint density at radius 1 is 0.667 bits per heavy atom. The molecular formula is C36H32N4O18S2. The zero-order chi connectivity index (χ0) is 44.3. The number of anilines is 2. The molecule has 2 aromatic carbocycles. The van der Waals surface area contributed by atoms with Gasteiger partial charge in [0.15, 0.2) is 5.25 Å². The third kappa shape index (κ3) is 9.10. The van der Waals surface area contributed by atoms with E-state index in [9.17, 15) is 74.4 Å². The summed E-state index contributed by atoms with van der Waals surface area (Å²) in [5.41, 5.74) is 1.86. The number of hydrogen-bond acceptors (Lipinski definition) is 15. The van der Waals surface area contributed by atoms with Gasteiger partial charge in [0.05, 0.1) is 17.8 Å². The summed E-state index contributed by atoms with van der Waals surface area (Å²) in [6, 6.07) is 12.2. The normalized spacial score (nSPS) is 19.1. The first-order valence-corrected chi connectivity index (χ1v) is 20.4. The van der Waals surface area contributed by atoms with Crippen LogP contribution in [0.15, 0.2) is 72.8 Å². The number of aliphatic carboxylic acids is 1. The van der Waals surface area contributed by atoms with Crippen molar-refractivity contribution in [2.24, 2.45) is 0 Å². The average molecular weight is 873 g/mol. The molecule has 0 aliphatic carbocycles. The monoisotopic (exact) mass is 872 g/mol. The van der Waals surface area contributed by atoms with Crippen molar-refractivity contribution in [1.82, 2.24) is 9.96 Å². The van der Waals surface area contributed by atoms with Crippen molar-refractivity contribution >= 4 is 90.8 Å². The lowest BCUT2D eigenvalue weighted by atomic mass is 10.0. The van der Waals surface area contributed by atoms with E-state index in [1.807, 2.05) is 0 Å². The summed E-state index contributed by atoms with van der Waals surface area (Å²) in [5, 5.41) is 7.70. The molecule has 0 bridgehead atoms. The smallest absolute Gasteiger partial charge is 0.348 e. The number of carboxylic acids is 1. The number of hydroxylamine groups is 2. The molecule has 6 rings (SSSR count). The third-order valence-corrected chi connectivity index (χ3v) is 11.9. The number of carbonyl (C=O) groups excluding carboxylic acids is 9. The number of benzene rings is 2. The number of likely N-dealkylation sites (tertiary alicyclic amines) is 1. The van der Waals surface area contributed by atoms with Crippen molar-refractivity contribution in [3.05, 3.63) is 84.0 Å². The molecule has 60 heavy (non-hydrogen) atoms. The van der Waals surface area contributed by atoms with Crippen molar-refractivity contribution in [2.45, 2.75) is 61.5 Å². The maximum Gasteiger partial charge on any atom is 0.348 e. The number of rotatable bonds is 14. The predicted molar refractivity (Wildman–Crippen MR) is 198 cm³/mol. The SMILES string of the molecule is O=C(CCCc1ccc(N2C(=O)C=CC2=O)cc1)ON1C(=O)CC(S(=O)(=O)O)C1=O.O=C1C=CC(=O)N1c1ccc(CCC(C(=O)O)(N2C(=O)CCC2=O)S(=O)(=O)O)cc1. The molecule has 24 heteroatoms. The Morgan fingerprint density at radius 2 is 1.10 bits per heavy atom. The van der Waals surface area contributed by atoms with Crippen molar-refractivity contribution in [3.63, 3.8) is 0 Å². The van der Waals surface area contributed by atoms with E-state index in [0.29, 0.717) is 24.1 Å². The van der Waals surface area contributed by atoms with E-state index in [1.54, 1.807) is 24.3 Å². The average Bonchev–Trinajstić information content (AvgIpc) is 3.89. The maximum absolute atomic E-state index is 12.0. The van der Waals surface area contributed by atoms with Gasteiger partial charge in [-0.15, -0.1) is 5.06 Å². The Labute approximate surface area is 339 Å². The predicted octanol–water partition coefficient (Wildman–Crippen LogP) is -0.221. The van der Waals surface area contributed by atoms with Crippen molar-refractivity contribution in [3.8, 4) is 0 Å². The van der Waals surface area contributed by atoms with E-state index >= 15 is 0 Å². The van der Waals surface area contributed by atoms with E-state index in [-0.39, 0.29) is 41.3 Å². The highest BCUT2D eigenvalue weighted by molar-refractivity contribution is 7.88. The fourth-order valence-corrected chi connectivity index (χ4v) is 8.11. The van der Waals surface area contributed by atoms with Gasteiger partial charge in [0.2, 0.25) is 11.8 Å². The van der Waals surface area contributed by atoms with Crippen LogP contribution in [0.25, 0.3) is 0 Å². The Morgan fingerprint density at radius 3 is 1.48 bits per heavy atom. The number of amides is 8. The summed E-state index contributed by atoms with van der Waals surface area (Å²) >= 11 is 0. The molecule has 316 valence electrons. The van der Waals surface area contributed by atoms with Gasteiger partial charge >= 0.3 is 22.1 Å². The van der Waals surface area contributed by atoms with Crippen LogP contribution in [0.4, 0.5) is 11.4 Å². The third-order valence-electron chi connectivity index (χ3n) is 9.39. The van der Waals surface area contributed by atoms with Gasteiger partial charge in [0.1, 0.15) is 0 Å². The van der Waals surface area contributed by atoms with Crippen LogP contribution in [0.2, 0.25) is 0 Å². The summed E-state index contributed by atoms with van der Waals surface area (Å²) in [6.07, 6.45) is 2.56. The molecule has 3 N–H and O–H groups in total. The van der Waals surface area contributed by atoms with Crippen molar-refractivity contribution < 1.29 is 83.8 Å². The second-order valence-electron chi connectivity index (χ2n) is 13.3. The maximum atomic E-state index is 12.0. The molecule has 8 amide bonds. The minimum Gasteiger partial charge on any atom is -0.479 e. The van der Waals surface area contributed by atoms with Crippen LogP contribution in [0.3, 0.4) is 0 Å². The molecule has 0 radical (unpaired) electrons. The zero-order valence-corrected chi connectivity index (χ0v) is 32.4. The van der Waals surface area contributed by atoms with Crippen molar-refractivity contribution in [2.75, 3.05) is 9.80 Å². The molecule has 22 nitrogen and oxygen atoms in total.